The molecule has 0 saturated heterocycles. The SMILES string of the molecule is Cn1cc(NC(=S)NC2CC2)cn1. The molecule has 1 saturated carbocycles. The Morgan fingerprint density at radius 2 is 2.46 bits per heavy atom. The maximum atomic E-state index is 5.10. The summed E-state index contributed by atoms with van der Waals surface area (Å²) in [5, 5.41) is 11.0. The largest absolute Gasteiger partial charge is 0.360 e. The van der Waals surface area contributed by atoms with Crippen LogP contribution in [0.25, 0.3) is 0 Å². The van der Waals surface area contributed by atoms with Gasteiger partial charge in [0.05, 0.1) is 11.9 Å². The molecule has 0 aromatic carbocycles. The second-order valence-corrected chi connectivity index (χ2v) is 3.68. The number of nitrogens with zero attached hydrogens (tertiary/aromatic N) is 2. The van der Waals surface area contributed by atoms with Gasteiger partial charge in [0, 0.05) is 19.3 Å². The van der Waals surface area contributed by atoms with Gasteiger partial charge in [-0.1, -0.05) is 0 Å². The van der Waals surface area contributed by atoms with Gasteiger partial charge < -0.3 is 10.6 Å². The minimum absolute atomic E-state index is 0.594. The zero-order chi connectivity index (χ0) is 9.26. The van der Waals surface area contributed by atoms with E-state index < -0.39 is 0 Å². The lowest BCUT2D eigenvalue weighted by Crippen LogP contribution is -2.29. The van der Waals surface area contributed by atoms with Crippen LogP contribution in [0, 0.1) is 0 Å². The highest BCUT2D eigenvalue weighted by Crippen LogP contribution is 2.18. The third-order valence-corrected chi connectivity index (χ3v) is 2.10. The van der Waals surface area contributed by atoms with Crippen LogP contribution in [0.2, 0.25) is 0 Å². The highest BCUT2D eigenvalue weighted by atomic mass is 32.1. The fourth-order valence-electron chi connectivity index (χ4n) is 1.07. The van der Waals surface area contributed by atoms with Crippen LogP contribution in [0.4, 0.5) is 5.69 Å². The minimum atomic E-state index is 0.594. The number of nitrogens with one attached hydrogen (secondary N) is 2. The topological polar surface area (TPSA) is 41.9 Å². The first-order valence-electron chi connectivity index (χ1n) is 4.30. The van der Waals surface area contributed by atoms with Crippen LogP contribution in [0.15, 0.2) is 12.4 Å². The molecule has 1 aromatic heterocycles. The van der Waals surface area contributed by atoms with Gasteiger partial charge in [0.25, 0.3) is 0 Å². The summed E-state index contributed by atoms with van der Waals surface area (Å²) in [4.78, 5) is 0. The molecule has 0 unspecified atom stereocenters. The van der Waals surface area contributed by atoms with Gasteiger partial charge >= 0.3 is 0 Å². The summed E-state index contributed by atoms with van der Waals surface area (Å²) < 4.78 is 1.74. The van der Waals surface area contributed by atoms with Crippen LogP contribution in [-0.2, 0) is 7.05 Å². The monoisotopic (exact) mass is 196 g/mol. The van der Waals surface area contributed by atoms with Crippen molar-refractivity contribution in [2.24, 2.45) is 7.05 Å². The zero-order valence-electron chi connectivity index (χ0n) is 7.45. The molecule has 13 heavy (non-hydrogen) atoms. The van der Waals surface area contributed by atoms with Gasteiger partial charge in [-0.2, -0.15) is 5.10 Å². The average molecular weight is 196 g/mol. The van der Waals surface area contributed by atoms with Crippen LogP contribution >= 0.6 is 12.2 Å². The Morgan fingerprint density at radius 1 is 1.69 bits per heavy atom. The van der Waals surface area contributed by atoms with Crippen molar-refractivity contribution < 1.29 is 0 Å². The van der Waals surface area contributed by atoms with Gasteiger partial charge in [0.15, 0.2) is 5.11 Å². The van der Waals surface area contributed by atoms with Crippen LogP contribution < -0.4 is 10.6 Å². The molecular formula is C8H12N4S. The lowest BCUT2D eigenvalue weighted by Gasteiger charge is -2.06. The van der Waals surface area contributed by atoms with Crippen LogP contribution in [0.1, 0.15) is 12.8 Å². The third kappa shape index (κ3) is 2.42. The molecule has 1 aliphatic carbocycles. The standard InChI is InChI=1S/C8H12N4S/c1-12-5-7(4-9-12)11-8(13)10-6-2-3-6/h4-6H,2-3H2,1H3,(H2,10,11,13). The van der Waals surface area contributed by atoms with Crippen molar-refractivity contribution in [3.05, 3.63) is 12.4 Å². The predicted octanol–water partition coefficient (Wildman–Crippen LogP) is 0.869. The molecule has 0 atom stereocenters. The van der Waals surface area contributed by atoms with Gasteiger partial charge in [-0.05, 0) is 25.1 Å². The summed E-state index contributed by atoms with van der Waals surface area (Å²) in [5.74, 6) is 0. The fourth-order valence-corrected chi connectivity index (χ4v) is 1.35. The molecule has 1 aliphatic rings. The van der Waals surface area contributed by atoms with E-state index >= 15 is 0 Å². The van der Waals surface area contributed by atoms with E-state index in [0.717, 1.165) is 5.69 Å². The number of hydrogen-bond acceptors (Lipinski definition) is 2. The number of anilines is 1. The molecular weight excluding hydrogens is 184 g/mol. The van der Waals surface area contributed by atoms with E-state index in [2.05, 4.69) is 15.7 Å². The Balaban J connectivity index is 1.85. The number of thiocarbonyl (C=S) groups is 1. The summed E-state index contributed by atoms with van der Waals surface area (Å²) in [6.07, 6.45) is 6.10. The van der Waals surface area contributed by atoms with Crippen molar-refractivity contribution in [1.29, 1.82) is 0 Å². The number of aryl methyl sites for hydroxylation is 1. The molecule has 0 spiro atoms. The first-order chi connectivity index (χ1) is 6.24. The maximum Gasteiger partial charge on any atom is 0.171 e. The van der Waals surface area contributed by atoms with Gasteiger partial charge in [-0.3, -0.25) is 4.68 Å². The summed E-state index contributed by atoms with van der Waals surface area (Å²) in [6, 6.07) is 0.594. The first-order valence-corrected chi connectivity index (χ1v) is 4.71. The van der Waals surface area contributed by atoms with E-state index in [-0.39, 0.29) is 0 Å². The summed E-state index contributed by atoms with van der Waals surface area (Å²) in [7, 11) is 1.88. The Labute approximate surface area is 82.3 Å². The second-order valence-electron chi connectivity index (χ2n) is 3.28. The highest BCUT2D eigenvalue weighted by molar-refractivity contribution is 7.80. The molecule has 2 rings (SSSR count). The predicted molar refractivity (Wildman–Crippen MR) is 55.6 cm³/mol. The molecule has 0 amide bonds. The Hall–Kier alpha value is -1.10. The van der Waals surface area contributed by atoms with E-state index in [4.69, 9.17) is 12.2 Å². The maximum absolute atomic E-state index is 5.10. The number of aromatic nitrogens is 2. The number of rotatable bonds is 2. The summed E-state index contributed by atoms with van der Waals surface area (Å²) >= 11 is 5.10. The molecule has 0 bridgehead atoms. The lowest BCUT2D eigenvalue weighted by molar-refractivity contribution is 0.768. The van der Waals surface area contributed by atoms with E-state index in [0.29, 0.717) is 11.2 Å². The van der Waals surface area contributed by atoms with Crippen molar-refractivity contribution in [3.63, 3.8) is 0 Å². The Morgan fingerprint density at radius 3 is 3.00 bits per heavy atom. The molecule has 0 aliphatic heterocycles. The van der Waals surface area contributed by atoms with Gasteiger partial charge in [-0.25, -0.2) is 0 Å². The normalized spacial score (nSPS) is 15.5. The van der Waals surface area contributed by atoms with Crippen LogP contribution in [0.3, 0.4) is 0 Å². The first kappa shape index (κ1) is 8.50. The van der Waals surface area contributed by atoms with Crippen LogP contribution in [-0.4, -0.2) is 20.9 Å². The minimum Gasteiger partial charge on any atom is -0.360 e. The molecule has 2 N–H and O–H groups in total. The van der Waals surface area contributed by atoms with Crippen molar-refractivity contribution in [2.45, 2.75) is 18.9 Å². The van der Waals surface area contributed by atoms with Crippen LogP contribution in [0.5, 0.6) is 0 Å². The molecule has 4 nitrogen and oxygen atoms in total. The van der Waals surface area contributed by atoms with E-state index in [1.54, 1.807) is 10.9 Å². The van der Waals surface area contributed by atoms with E-state index in [1.807, 2.05) is 13.2 Å². The molecule has 5 heteroatoms. The quantitative estimate of drug-likeness (QED) is 0.689. The molecule has 1 heterocycles. The summed E-state index contributed by atoms with van der Waals surface area (Å²) in [6.45, 7) is 0. The number of hydrogen-bond donors (Lipinski definition) is 2. The van der Waals surface area contributed by atoms with Crippen molar-refractivity contribution >= 4 is 23.0 Å². The van der Waals surface area contributed by atoms with E-state index in [9.17, 15) is 0 Å². The van der Waals surface area contributed by atoms with Crippen molar-refractivity contribution in [1.82, 2.24) is 15.1 Å². The molecule has 0 radical (unpaired) electrons. The van der Waals surface area contributed by atoms with Gasteiger partial charge in [0.2, 0.25) is 0 Å². The van der Waals surface area contributed by atoms with Crippen molar-refractivity contribution in [3.8, 4) is 0 Å². The molecule has 70 valence electrons. The van der Waals surface area contributed by atoms with Gasteiger partial charge in [0.1, 0.15) is 0 Å². The average Bonchev–Trinajstić information content (AvgIpc) is 2.76. The van der Waals surface area contributed by atoms with Crippen molar-refractivity contribution in [2.75, 3.05) is 5.32 Å². The van der Waals surface area contributed by atoms with E-state index in [1.165, 1.54) is 12.8 Å². The molecule has 1 aromatic rings. The zero-order valence-corrected chi connectivity index (χ0v) is 8.27. The Bertz CT molecular complexity index is 316. The second kappa shape index (κ2) is 3.33. The highest BCUT2D eigenvalue weighted by Gasteiger charge is 2.21. The third-order valence-electron chi connectivity index (χ3n) is 1.88. The summed E-state index contributed by atoms with van der Waals surface area (Å²) in [5.41, 5.74) is 0.931. The Kier molecular flexibility index (Phi) is 2.18. The lowest BCUT2D eigenvalue weighted by atomic mass is 10.6. The molecule has 1 fully saturated rings. The smallest absolute Gasteiger partial charge is 0.171 e. The van der Waals surface area contributed by atoms with Gasteiger partial charge in [-0.15, -0.1) is 0 Å². The fraction of sp³-hybridized carbons (Fsp3) is 0.500.